The van der Waals surface area contributed by atoms with Gasteiger partial charge in [0.1, 0.15) is 16.1 Å². The first-order chi connectivity index (χ1) is 6.43. The Balaban J connectivity index is 2.98. The van der Waals surface area contributed by atoms with Crippen LogP contribution in [0.2, 0.25) is 10.3 Å². The zero-order valence-corrected chi connectivity index (χ0v) is 9.53. The predicted octanol–water partition coefficient (Wildman–Crippen LogP) is 1.86. The molecule has 0 aromatic carbocycles. The Bertz CT molecular complexity index is 412. The number of hydrogen-bond donors (Lipinski definition) is 0. The van der Waals surface area contributed by atoms with Crippen LogP contribution in [0.3, 0.4) is 0 Å². The molecule has 0 aliphatic heterocycles. The smallest absolute Gasteiger partial charge is 0.271 e. The molecule has 1 aromatic rings. The van der Waals surface area contributed by atoms with E-state index in [1.54, 1.807) is 0 Å². The largest absolute Gasteiger partial charge is 0.273 e. The van der Waals surface area contributed by atoms with Crippen LogP contribution >= 0.6 is 23.2 Å². The van der Waals surface area contributed by atoms with Gasteiger partial charge in [-0.15, -0.1) is 0 Å². The van der Waals surface area contributed by atoms with Gasteiger partial charge in [0.05, 0.1) is 7.11 Å². The van der Waals surface area contributed by atoms with Crippen LogP contribution in [0.15, 0.2) is 12.1 Å². The monoisotopic (exact) mass is 255 g/mol. The second-order valence-corrected chi connectivity index (χ2v) is 5.00. The molecule has 1 aromatic heterocycles. The molecule has 1 heterocycles. The average Bonchev–Trinajstić information content (AvgIpc) is 2.01. The molecule has 14 heavy (non-hydrogen) atoms. The van der Waals surface area contributed by atoms with Crippen LogP contribution in [0.1, 0.15) is 5.56 Å². The Labute approximate surface area is 91.9 Å². The van der Waals surface area contributed by atoms with Crippen LogP contribution in [0.4, 0.5) is 0 Å². The van der Waals surface area contributed by atoms with E-state index in [0.29, 0.717) is 5.56 Å². The molecule has 0 fully saturated rings. The highest BCUT2D eigenvalue weighted by Crippen LogP contribution is 2.16. The molecule has 0 bridgehead atoms. The molecule has 7 heteroatoms. The number of rotatable bonds is 3. The molecule has 0 aliphatic rings. The van der Waals surface area contributed by atoms with Gasteiger partial charge in [-0.2, -0.15) is 8.42 Å². The Morgan fingerprint density at radius 3 is 2.29 bits per heavy atom. The van der Waals surface area contributed by atoms with E-state index in [9.17, 15) is 8.42 Å². The number of nitrogens with zero attached hydrogens (tertiary/aromatic N) is 1. The fraction of sp³-hybridized carbons (Fsp3) is 0.286. The third kappa shape index (κ3) is 3.42. The van der Waals surface area contributed by atoms with Crippen molar-refractivity contribution < 1.29 is 12.6 Å². The maximum atomic E-state index is 11.1. The van der Waals surface area contributed by atoms with Gasteiger partial charge in [-0.1, -0.05) is 23.2 Å². The summed E-state index contributed by atoms with van der Waals surface area (Å²) in [5.41, 5.74) is 0.442. The zero-order chi connectivity index (χ0) is 10.8. The minimum absolute atomic E-state index is 0.152. The molecular weight excluding hydrogens is 249 g/mol. The number of hydrogen-bond acceptors (Lipinski definition) is 4. The molecule has 0 unspecified atom stereocenters. The molecular formula is C7H7Cl2NO3S. The van der Waals surface area contributed by atoms with Gasteiger partial charge in [0.25, 0.3) is 10.1 Å². The summed E-state index contributed by atoms with van der Waals surface area (Å²) in [5, 5.41) is 0.303. The van der Waals surface area contributed by atoms with Crippen LogP contribution < -0.4 is 0 Å². The van der Waals surface area contributed by atoms with Crippen molar-refractivity contribution in [2.45, 2.75) is 5.75 Å². The summed E-state index contributed by atoms with van der Waals surface area (Å²) in [7, 11) is -2.45. The molecule has 0 radical (unpaired) electrons. The van der Waals surface area contributed by atoms with E-state index < -0.39 is 10.1 Å². The third-order valence-electron chi connectivity index (χ3n) is 1.42. The van der Waals surface area contributed by atoms with Gasteiger partial charge >= 0.3 is 0 Å². The van der Waals surface area contributed by atoms with Crippen molar-refractivity contribution >= 4 is 33.3 Å². The van der Waals surface area contributed by atoms with Crippen molar-refractivity contribution in [2.75, 3.05) is 7.11 Å². The van der Waals surface area contributed by atoms with E-state index in [-0.39, 0.29) is 16.1 Å². The standard InChI is InChI=1S/C7H7Cl2NO3S/c1-13-14(11,12)4-5-2-6(8)10-7(9)3-5/h2-3H,4H2,1H3. The van der Waals surface area contributed by atoms with Crippen molar-refractivity contribution in [3.05, 3.63) is 28.0 Å². The Kier molecular flexibility index (Phi) is 3.71. The minimum atomic E-state index is -3.55. The predicted molar refractivity (Wildman–Crippen MR) is 53.9 cm³/mol. The third-order valence-corrected chi connectivity index (χ3v) is 3.00. The fourth-order valence-electron chi connectivity index (χ4n) is 0.861. The average molecular weight is 256 g/mol. The highest BCUT2D eigenvalue weighted by molar-refractivity contribution is 7.85. The Morgan fingerprint density at radius 2 is 1.86 bits per heavy atom. The number of pyridine rings is 1. The molecule has 0 N–H and O–H groups in total. The van der Waals surface area contributed by atoms with E-state index >= 15 is 0 Å². The normalized spacial score (nSPS) is 11.6. The number of aromatic nitrogens is 1. The van der Waals surface area contributed by atoms with E-state index in [0.717, 1.165) is 7.11 Å². The summed E-state index contributed by atoms with van der Waals surface area (Å²) in [5.74, 6) is -0.272. The van der Waals surface area contributed by atoms with Crippen molar-refractivity contribution in [3.8, 4) is 0 Å². The van der Waals surface area contributed by atoms with Crippen molar-refractivity contribution in [1.29, 1.82) is 0 Å². The van der Waals surface area contributed by atoms with E-state index in [1.807, 2.05) is 0 Å². The molecule has 1 rings (SSSR count). The fourth-order valence-corrected chi connectivity index (χ4v) is 2.06. The van der Waals surface area contributed by atoms with Gasteiger partial charge in [0.2, 0.25) is 0 Å². The summed E-state index contributed by atoms with van der Waals surface area (Å²) in [6.07, 6.45) is 0. The van der Waals surface area contributed by atoms with Gasteiger partial charge in [-0.3, -0.25) is 4.18 Å². The molecule has 4 nitrogen and oxygen atoms in total. The Morgan fingerprint density at radius 1 is 1.36 bits per heavy atom. The second kappa shape index (κ2) is 4.44. The molecule has 0 saturated heterocycles. The topological polar surface area (TPSA) is 56.3 Å². The molecule has 0 atom stereocenters. The lowest BCUT2D eigenvalue weighted by atomic mass is 10.3. The maximum Gasteiger partial charge on any atom is 0.271 e. The van der Waals surface area contributed by atoms with E-state index in [1.165, 1.54) is 12.1 Å². The highest BCUT2D eigenvalue weighted by Gasteiger charge is 2.11. The lowest BCUT2D eigenvalue weighted by Crippen LogP contribution is -2.05. The second-order valence-electron chi connectivity index (χ2n) is 2.49. The summed E-state index contributed by atoms with van der Waals surface area (Å²) in [4.78, 5) is 3.69. The van der Waals surface area contributed by atoms with Crippen molar-refractivity contribution in [3.63, 3.8) is 0 Å². The quantitative estimate of drug-likeness (QED) is 0.611. The van der Waals surface area contributed by atoms with E-state index in [2.05, 4.69) is 9.17 Å². The van der Waals surface area contributed by atoms with Gasteiger partial charge in [0.15, 0.2) is 0 Å². The minimum Gasteiger partial charge on any atom is -0.273 e. The highest BCUT2D eigenvalue weighted by atomic mass is 35.5. The molecule has 0 aliphatic carbocycles. The summed E-state index contributed by atoms with van der Waals surface area (Å²) in [6, 6.07) is 2.84. The van der Waals surface area contributed by atoms with Crippen LogP contribution in [-0.2, 0) is 20.1 Å². The lowest BCUT2D eigenvalue weighted by molar-refractivity contribution is 0.397. The van der Waals surface area contributed by atoms with Crippen LogP contribution in [0, 0.1) is 0 Å². The zero-order valence-electron chi connectivity index (χ0n) is 7.20. The molecule has 0 spiro atoms. The van der Waals surface area contributed by atoms with Gasteiger partial charge < -0.3 is 0 Å². The Hall–Kier alpha value is -0.360. The molecule has 78 valence electrons. The SMILES string of the molecule is COS(=O)(=O)Cc1cc(Cl)nc(Cl)c1. The van der Waals surface area contributed by atoms with Gasteiger partial charge in [-0.25, -0.2) is 4.98 Å². The maximum absolute atomic E-state index is 11.1. The first-order valence-corrected chi connectivity index (χ1v) is 5.86. The van der Waals surface area contributed by atoms with Crippen molar-refractivity contribution in [2.24, 2.45) is 0 Å². The van der Waals surface area contributed by atoms with Crippen LogP contribution in [0.5, 0.6) is 0 Å². The van der Waals surface area contributed by atoms with Crippen molar-refractivity contribution in [1.82, 2.24) is 4.98 Å². The van der Waals surface area contributed by atoms with E-state index in [4.69, 9.17) is 23.2 Å². The summed E-state index contributed by atoms with van der Waals surface area (Å²) in [6.45, 7) is 0. The van der Waals surface area contributed by atoms with Crippen LogP contribution in [0.25, 0.3) is 0 Å². The summed E-state index contributed by atoms with van der Waals surface area (Å²) >= 11 is 11.2. The first kappa shape index (κ1) is 11.7. The van der Waals surface area contributed by atoms with Gasteiger partial charge in [0, 0.05) is 0 Å². The molecule has 0 saturated carbocycles. The van der Waals surface area contributed by atoms with Gasteiger partial charge in [-0.05, 0) is 17.7 Å². The lowest BCUT2D eigenvalue weighted by Gasteiger charge is -2.02. The molecule has 0 amide bonds. The van der Waals surface area contributed by atoms with Crippen LogP contribution in [-0.4, -0.2) is 20.5 Å². The summed E-state index contributed by atoms with van der Waals surface area (Å²) < 4.78 is 26.4. The first-order valence-electron chi connectivity index (χ1n) is 3.53. The number of halogens is 2.